The highest BCUT2D eigenvalue weighted by Crippen LogP contribution is 2.22. The van der Waals surface area contributed by atoms with Gasteiger partial charge >= 0.3 is 6.18 Å². The third kappa shape index (κ3) is 5.67. The van der Waals surface area contributed by atoms with E-state index in [1.165, 1.54) is 0 Å². The first-order valence-corrected chi connectivity index (χ1v) is 7.06. The van der Waals surface area contributed by atoms with Crippen LogP contribution in [-0.2, 0) is 28.9 Å². The van der Waals surface area contributed by atoms with E-state index in [0.29, 0.717) is 23.7 Å². The lowest BCUT2D eigenvalue weighted by Crippen LogP contribution is -2.19. The summed E-state index contributed by atoms with van der Waals surface area (Å²) in [5.41, 5.74) is 1.33. The van der Waals surface area contributed by atoms with Gasteiger partial charge in [-0.25, -0.2) is 0 Å². The number of aromatic nitrogens is 2. The summed E-state index contributed by atoms with van der Waals surface area (Å²) in [5, 5.41) is 4.74. The molecule has 0 aromatic carbocycles. The SMILES string of the molecule is CCc1nn(CC)c(CC(=O)CCOCC(F)(F)F)c1Cl. The lowest BCUT2D eigenvalue weighted by molar-refractivity contribution is -0.174. The molecule has 1 heterocycles. The number of carbonyl (C=O) groups excluding carboxylic acids is 1. The number of ether oxygens (including phenoxy) is 1. The molecule has 120 valence electrons. The molecule has 0 spiro atoms. The number of ketones is 1. The second-order valence-electron chi connectivity index (χ2n) is 4.51. The van der Waals surface area contributed by atoms with Crippen LogP contribution in [0, 0.1) is 0 Å². The third-order valence-corrected chi connectivity index (χ3v) is 3.29. The average Bonchev–Trinajstić information content (AvgIpc) is 2.70. The summed E-state index contributed by atoms with van der Waals surface area (Å²) in [6.07, 6.45) is -3.75. The van der Waals surface area contributed by atoms with Gasteiger partial charge in [0, 0.05) is 19.4 Å². The zero-order chi connectivity index (χ0) is 16.0. The van der Waals surface area contributed by atoms with E-state index in [9.17, 15) is 18.0 Å². The number of halogens is 4. The molecular weight excluding hydrogens is 309 g/mol. The summed E-state index contributed by atoms with van der Waals surface area (Å²) in [7, 11) is 0. The van der Waals surface area contributed by atoms with E-state index < -0.39 is 12.8 Å². The highest BCUT2D eigenvalue weighted by Gasteiger charge is 2.27. The Labute approximate surface area is 126 Å². The molecule has 0 atom stereocenters. The summed E-state index contributed by atoms with van der Waals surface area (Å²) in [5.74, 6) is -0.226. The Bertz CT molecular complexity index is 486. The van der Waals surface area contributed by atoms with Crippen LogP contribution in [0.3, 0.4) is 0 Å². The summed E-state index contributed by atoms with van der Waals surface area (Å²) in [6.45, 7) is 2.77. The van der Waals surface area contributed by atoms with E-state index in [4.69, 9.17) is 11.6 Å². The number of hydrogen-bond donors (Lipinski definition) is 0. The van der Waals surface area contributed by atoms with Gasteiger partial charge in [0.15, 0.2) is 0 Å². The van der Waals surface area contributed by atoms with Crippen molar-refractivity contribution in [1.29, 1.82) is 0 Å². The molecule has 1 aromatic rings. The minimum absolute atomic E-state index is 0.0506. The number of hydrogen-bond acceptors (Lipinski definition) is 3. The normalized spacial score (nSPS) is 11.9. The fourth-order valence-electron chi connectivity index (χ4n) is 1.84. The number of Topliss-reactive ketones (excluding diaryl/α,β-unsaturated/α-hetero) is 1. The van der Waals surface area contributed by atoms with Crippen molar-refractivity contribution >= 4 is 17.4 Å². The minimum Gasteiger partial charge on any atom is -0.372 e. The smallest absolute Gasteiger partial charge is 0.372 e. The van der Waals surface area contributed by atoms with Gasteiger partial charge in [0.1, 0.15) is 12.4 Å². The maximum Gasteiger partial charge on any atom is 0.411 e. The molecule has 0 aliphatic heterocycles. The Morgan fingerprint density at radius 3 is 2.57 bits per heavy atom. The first kappa shape index (κ1) is 18.0. The van der Waals surface area contributed by atoms with Crippen LogP contribution >= 0.6 is 11.6 Å². The van der Waals surface area contributed by atoms with Crippen molar-refractivity contribution in [3.8, 4) is 0 Å². The molecule has 0 bridgehead atoms. The highest BCUT2D eigenvalue weighted by atomic mass is 35.5. The van der Waals surface area contributed by atoms with Gasteiger partial charge in [0.25, 0.3) is 0 Å². The number of alkyl halides is 3. The van der Waals surface area contributed by atoms with E-state index in [1.807, 2.05) is 13.8 Å². The second kappa shape index (κ2) is 7.79. The van der Waals surface area contributed by atoms with Crippen molar-refractivity contribution in [1.82, 2.24) is 9.78 Å². The van der Waals surface area contributed by atoms with E-state index in [2.05, 4.69) is 9.84 Å². The Balaban J connectivity index is 2.53. The zero-order valence-corrected chi connectivity index (χ0v) is 12.7. The number of rotatable bonds is 8. The maximum absolute atomic E-state index is 11.9. The van der Waals surface area contributed by atoms with Crippen molar-refractivity contribution in [2.45, 2.75) is 45.8 Å². The Morgan fingerprint density at radius 1 is 1.38 bits per heavy atom. The maximum atomic E-state index is 11.9. The molecule has 21 heavy (non-hydrogen) atoms. The fourth-order valence-corrected chi connectivity index (χ4v) is 2.17. The van der Waals surface area contributed by atoms with Gasteiger partial charge in [0.05, 0.1) is 23.0 Å². The van der Waals surface area contributed by atoms with Crippen molar-refractivity contribution in [3.63, 3.8) is 0 Å². The standard InChI is InChI=1S/C13H18ClF3N2O2/c1-3-10-12(14)11(19(4-2)18-10)7-9(20)5-6-21-8-13(15,16)17/h3-8H2,1-2H3. The molecule has 4 nitrogen and oxygen atoms in total. The van der Waals surface area contributed by atoms with Gasteiger partial charge in [-0.15, -0.1) is 0 Å². The molecule has 1 rings (SSSR count). The van der Waals surface area contributed by atoms with Crippen LogP contribution in [0.25, 0.3) is 0 Å². The monoisotopic (exact) mass is 326 g/mol. The molecule has 0 aliphatic carbocycles. The predicted octanol–water partition coefficient (Wildman–Crippen LogP) is 3.20. The molecule has 0 unspecified atom stereocenters. The largest absolute Gasteiger partial charge is 0.411 e. The summed E-state index contributed by atoms with van der Waals surface area (Å²) < 4.78 is 41.7. The zero-order valence-electron chi connectivity index (χ0n) is 12.0. The van der Waals surface area contributed by atoms with Gasteiger partial charge in [-0.2, -0.15) is 18.3 Å². The highest BCUT2D eigenvalue weighted by molar-refractivity contribution is 6.32. The third-order valence-electron chi connectivity index (χ3n) is 2.85. The minimum atomic E-state index is -4.37. The molecular formula is C13H18ClF3N2O2. The molecule has 0 amide bonds. The molecule has 0 radical (unpaired) electrons. The van der Waals surface area contributed by atoms with Crippen LogP contribution in [0.15, 0.2) is 0 Å². The lowest BCUT2D eigenvalue weighted by atomic mass is 10.1. The summed E-state index contributed by atoms with van der Waals surface area (Å²) >= 11 is 6.16. The quantitative estimate of drug-likeness (QED) is 0.689. The first-order valence-electron chi connectivity index (χ1n) is 6.68. The topological polar surface area (TPSA) is 44.1 Å². The van der Waals surface area contributed by atoms with E-state index >= 15 is 0 Å². The molecule has 1 aromatic heterocycles. The summed E-state index contributed by atoms with van der Waals surface area (Å²) in [4.78, 5) is 11.8. The van der Waals surface area contributed by atoms with Crippen molar-refractivity contribution in [3.05, 3.63) is 16.4 Å². The Kier molecular flexibility index (Phi) is 6.67. The van der Waals surface area contributed by atoms with Gasteiger partial charge in [-0.05, 0) is 13.3 Å². The van der Waals surface area contributed by atoms with E-state index in [1.54, 1.807) is 4.68 Å². The lowest BCUT2D eigenvalue weighted by Gasteiger charge is -2.08. The average molecular weight is 327 g/mol. The number of aryl methyl sites for hydroxylation is 2. The van der Waals surface area contributed by atoms with Gasteiger partial charge in [0.2, 0.25) is 0 Å². The van der Waals surface area contributed by atoms with Crippen molar-refractivity contribution in [2.75, 3.05) is 13.2 Å². The van der Waals surface area contributed by atoms with Gasteiger partial charge in [-0.1, -0.05) is 18.5 Å². The molecule has 0 fully saturated rings. The van der Waals surface area contributed by atoms with Crippen LogP contribution in [0.5, 0.6) is 0 Å². The fraction of sp³-hybridized carbons (Fsp3) is 0.692. The Morgan fingerprint density at radius 2 is 2.05 bits per heavy atom. The van der Waals surface area contributed by atoms with Crippen molar-refractivity contribution < 1.29 is 22.7 Å². The first-order chi connectivity index (χ1) is 9.78. The van der Waals surface area contributed by atoms with Crippen LogP contribution in [-0.4, -0.2) is 35.0 Å². The molecule has 8 heteroatoms. The van der Waals surface area contributed by atoms with E-state index in [-0.39, 0.29) is 25.2 Å². The molecule has 0 aliphatic rings. The van der Waals surface area contributed by atoms with Crippen LogP contribution < -0.4 is 0 Å². The van der Waals surface area contributed by atoms with Crippen LogP contribution in [0.2, 0.25) is 5.02 Å². The van der Waals surface area contributed by atoms with Crippen molar-refractivity contribution in [2.24, 2.45) is 0 Å². The molecule has 0 saturated carbocycles. The molecule has 0 N–H and O–H groups in total. The predicted molar refractivity (Wildman–Crippen MR) is 72.5 cm³/mol. The molecule has 0 saturated heterocycles. The van der Waals surface area contributed by atoms with Gasteiger partial charge in [-0.3, -0.25) is 9.48 Å². The second-order valence-corrected chi connectivity index (χ2v) is 4.89. The van der Waals surface area contributed by atoms with E-state index in [0.717, 1.165) is 5.69 Å². The number of nitrogens with zero attached hydrogens (tertiary/aromatic N) is 2. The summed E-state index contributed by atoms with van der Waals surface area (Å²) in [6, 6.07) is 0. The van der Waals surface area contributed by atoms with Crippen LogP contribution in [0.1, 0.15) is 31.7 Å². The Hall–Kier alpha value is -1.08. The van der Waals surface area contributed by atoms with Gasteiger partial charge < -0.3 is 4.74 Å². The van der Waals surface area contributed by atoms with Crippen LogP contribution in [0.4, 0.5) is 13.2 Å². The number of carbonyl (C=O) groups is 1.